The van der Waals surface area contributed by atoms with Crippen LogP contribution in [-0.4, -0.2) is 18.9 Å². The Morgan fingerprint density at radius 3 is 2.71 bits per heavy atom. The van der Waals surface area contributed by atoms with Gasteiger partial charge in [-0.3, -0.25) is 4.79 Å². The number of benzene rings is 1. The molecule has 0 saturated carbocycles. The van der Waals surface area contributed by atoms with Gasteiger partial charge < -0.3 is 10.1 Å². The number of carbonyl (C=O) groups is 1. The number of methoxy groups -OCH3 is 1. The molecule has 17 heavy (non-hydrogen) atoms. The van der Waals surface area contributed by atoms with E-state index in [1.165, 1.54) is 5.56 Å². The van der Waals surface area contributed by atoms with E-state index in [1.807, 2.05) is 18.2 Å². The summed E-state index contributed by atoms with van der Waals surface area (Å²) in [6.45, 7) is 4.22. The largest absolute Gasteiger partial charge is 0.495 e. The Labute approximate surface area is 107 Å². The Morgan fingerprint density at radius 2 is 2.18 bits per heavy atom. The highest BCUT2D eigenvalue weighted by molar-refractivity contribution is 6.19. The van der Waals surface area contributed by atoms with Crippen molar-refractivity contribution in [2.45, 2.75) is 26.2 Å². The number of rotatable bonds is 5. The molecule has 0 unspecified atom stereocenters. The molecule has 94 valence electrons. The Balaban J connectivity index is 2.89. The van der Waals surface area contributed by atoms with Crippen LogP contribution in [0.4, 0.5) is 5.69 Å². The Bertz CT molecular complexity index is 391. The molecule has 0 radical (unpaired) electrons. The summed E-state index contributed by atoms with van der Waals surface area (Å²) in [7, 11) is 1.59. The molecular weight excluding hydrogens is 238 g/mol. The van der Waals surface area contributed by atoms with Crippen LogP contribution in [0.25, 0.3) is 0 Å². The van der Waals surface area contributed by atoms with E-state index >= 15 is 0 Å². The van der Waals surface area contributed by atoms with Gasteiger partial charge in [0.1, 0.15) is 5.75 Å². The second-order valence-corrected chi connectivity index (χ2v) is 4.48. The Hall–Kier alpha value is -1.22. The topological polar surface area (TPSA) is 38.3 Å². The summed E-state index contributed by atoms with van der Waals surface area (Å²) in [4.78, 5) is 11.4. The van der Waals surface area contributed by atoms with Crippen molar-refractivity contribution in [1.82, 2.24) is 0 Å². The molecule has 0 aliphatic heterocycles. The van der Waals surface area contributed by atoms with E-state index in [9.17, 15) is 4.79 Å². The van der Waals surface area contributed by atoms with Gasteiger partial charge in [0.2, 0.25) is 5.91 Å². The molecule has 1 aromatic rings. The first-order chi connectivity index (χ1) is 8.08. The smallest absolute Gasteiger partial charge is 0.225 e. The molecule has 0 aliphatic rings. The summed E-state index contributed by atoms with van der Waals surface area (Å²) in [5.74, 6) is 1.32. The van der Waals surface area contributed by atoms with Gasteiger partial charge in [-0.2, -0.15) is 0 Å². The lowest BCUT2D eigenvalue weighted by atomic mass is 10.0. The van der Waals surface area contributed by atoms with Crippen molar-refractivity contribution in [1.29, 1.82) is 0 Å². The number of hydrogen-bond donors (Lipinski definition) is 1. The number of amides is 1. The predicted octanol–water partition coefficient (Wildman–Crippen LogP) is 3.39. The fourth-order valence-corrected chi connectivity index (χ4v) is 1.64. The average Bonchev–Trinajstić information content (AvgIpc) is 2.29. The maximum absolute atomic E-state index is 11.4. The van der Waals surface area contributed by atoms with Gasteiger partial charge in [-0.25, -0.2) is 0 Å². The first-order valence-electron chi connectivity index (χ1n) is 5.62. The van der Waals surface area contributed by atoms with Crippen LogP contribution in [0.3, 0.4) is 0 Å². The highest BCUT2D eigenvalue weighted by Gasteiger charge is 2.09. The number of alkyl halides is 1. The van der Waals surface area contributed by atoms with Crippen molar-refractivity contribution in [2.75, 3.05) is 18.3 Å². The molecule has 0 heterocycles. The molecule has 0 fully saturated rings. The molecule has 1 aromatic carbocycles. The lowest BCUT2D eigenvalue weighted by Gasteiger charge is -2.13. The van der Waals surface area contributed by atoms with Crippen molar-refractivity contribution in [3.8, 4) is 5.75 Å². The highest BCUT2D eigenvalue weighted by atomic mass is 35.5. The molecular formula is C13H18ClNO2. The number of carbonyl (C=O) groups excluding carboxylic acids is 1. The summed E-state index contributed by atoms with van der Waals surface area (Å²) < 4.78 is 5.27. The Morgan fingerprint density at radius 1 is 1.47 bits per heavy atom. The third kappa shape index (κ3) is 3.93. The van der Waals surface area contributed by atoms with Gasteiger partial charge in [0.25, 0.3) is 0 Å². The molecule has 0 saturated heterocycles. The second kappa shape index (κ2) is 6.50. The van der Waals surface area contributed by atoms with E-state index in [2.05, 4.69) is 19.2 Å². The summed E-state index contributed by atoms with van der Waals surface area (Å²) in [6.07, 6.45) is 0.302. The minimum Gasteiger partial charge on any atom is -0.495 e. The van der Waals surface area contributed by atoms with Gasteiger partial charge in [0.05, 0.1) is 12.8 Å². The van der Waals surface area contributed by atoms with E-state index < -0.39 is 0 Å². The molecule has 1 amide bonds. The lowest BCUT2D eigenvalue weighted by Crippen LogP contribution is -2.12. The maximum Gasteiger partial charge on any atom is 0.225 e. The zero-order chi connectivity index (χ0) is 12.8. The van der Waals surface area contributed by atoms with E-state index in [0.29, 0.717) is 29.7 Å². The molecule has 3 nitrogen and oxygen atoms in total. The van der Waals surface area contributed by atoms with Gasteiger partial charge in [0.15, 0.2) is 0 Å². The molecule has 0 bridgehead atoms. The monoisotopic (exact) mass is 255 g/mol. The SMILES string of the molecule is COc1cc(C(C)C)ccc1NC(=O)CCCl. The molecule has 0 spiro atoms. The summed E-state index contributed by atoms with van der Waals surface area (Å²) in [5.41, 5.74) is 1.87. The van der Waals surface area contributed by atoms with Gasteiger partial charge in [0, 0.05) is 12.3 Å². The average molecular weight is 256 g/mol. The second-order valence-electron chi connectivity index (χ2n) is 4.10. The van der Waals surface area contributed by atoms with Crippen LogP contribution in [0, 0.1) is 0 Å². The molecule has 0 atom stereocenters. The normalized spacial score (nSPS) is 10.4. The van der Waals surface area contributed by atoms with Crippen molar-refractivity contribution in [2.24, 2.45) is 0 Å². The molecule has 0 aliphatic carbocycles. The van der Waals surface area contributed by atoms with E-state index in [4.69, 9.17) is 16.3 Å². The minimum absolute atomic E-state index is 0.101. The third-order valence-electron chi connectivity index (χ3n) is 2.49. The number of ether oxygens (including phenoxy) is 1. The predicted molar refractivity (Wildman–Crippen MR) is 71.0 cm³/mol. The zero-order valence-corrected chi connectivity index (χ0v) is 11.2. The first kappa shape index (κ1) is 13.8. The van der Waals surface area contributed by atoms with Crippen LogP contribution in [-0.2, 0) is 4.79 Å². The van der Waals surface area contributed by atoms with Crippen molar-refractivity contribution in [3.63, 3.8) is 0 Å². The van der Waals surface area contributed by atoms with Crippen LogP contribution in [0.1, 0.15) is 31.7 Å². The fourth-order valence-electron chi connectivity index (χ4n) is 1.47. The van der Waals surface area contributed by atoms with Crippen molar-refractivity contribution < 1.29 is 9.53 Å². The minimum atomic E-state index is -0.101. The number of anilines is 1. The fraction of sp³-hybridized carbons (Fsp3) is 0.462. The van der Waals surface area contributed by atoms with Gasteiger partial charge in [-0.15, -0.1) is 11.6 Å². The molecule has 1 N–H and O–H groups in total. The van der Waals surface area contributed by atoms with Crippen LogP contribution < -0.4 is 10.1 Å². The summed E-state index contributed by atoms with van der Waals surface area (Å²) >= 11 is 5.51. The van der Waals surface area contributed by atoms with Gasteiger partial charge >= 0.3 is 0 Å². The maximum atomic E-state index is 11.4. The first-order valence-corrected chi connectivity index (χ1v) is 6.15. The van der Waals surface area contributed by atoms with Crippen LogP contribution in [0.2, 0.25) is 0 Å². The van der Waals surface area contributed by atoms with Crippen molar-refractivity contribution >= 4 is 23.2 Å². The molecule has 1 rings (SSSR count). The number of halogens is 1. The van der Waals surface area contributed by atoms with Crippen LogP contribution >= 0.6 is 11.6 Å². The van der Waals surface area contributed by atoms with E-state index in [1.54, 1.807) is 7.11 Å². The van der Waals surface area contributed by atoms with Gasteiger partial charge in [-0.05, 0) is 23.6 Å². The van der Waals surface area contributed by atoms with E-state index in [0.717, 1.165) is 0 Å². The Kier molecular flexibility index (Phi) is 5.29. The number of hydrogen-bond acceptors (Lipinski definition) is 2. The van der Waals surface area contributed by atoms with Gasteiger partial charge in [-0.1, -0.05) is 19.9 Å². The summed E-state index contributed by atoms with van der Waals surface area (Å²) in [6, 6.07) is 5.80. The lowest BCUT2D eigenvalue weighted by molar-refractivity contribution is -0.115. The van der Waals surface area contributed by atoms with Crippen LogP contribution in [0.5, 0.6) is 5.75 Å². The standard InChI is InChI=1S/C13H18ClNO2/c1-9(2)10-4-5-11(12(8-10)17-3)15-13(16)6-7-14/h4-5,8-9H,6-7H2,1-3H3,(H,15,16). The zero-order valence-electron chi connectivity index (χ0n) is 10.4. The quantitative estimate of drug-likeness (QED) is 0.819. The third-order valence-corrected chi connectivity index (χ3v) is 2.68. The van der Waals surface area contributed by atoms with Crippen molar-refractivity contribution in [3.05, 3.63) is 23.8 Å². The van der Waals surface area contributed by atoms with Crippen LogP contribution in [0.15, 0.2) is 18.2 Å². The highest BCUT2D eigenvalue weighted by Crippen LogP contribution is 2.28. The van der Waals surface area contributed by atoms with E-state index in [-0.39, 0.29) is 5.91 Å². The number of nitrogens with one attached hydrogen (secondary N) is 1. The summed E-state index contributed by atoms with van der Waals surface area (Å²) in [5, 5.41) is 2.78. The molecule has 0 aromatic heterocycles. The molecule has 4 heteroatoms.